The van der Waals surface area contributed by atoms with E-state index in [2.05, 4.69) is 6.58 Å². The lowest BCUT2D eigenvalue weighted by Crippen LogP contribution is -2.27. The largest absolute Gasteiger partial charge is 0.497 e. The number of rotatable bonds is 6. The smallest absolute Gasteiger partial charge is 0.270 e. The number of amides is 1. The number of hydrogen-bond donors (Lipinski definition) is 0. The molecule has 1 fully saturated rings. The first-order valence-electron chi connectivity index (χ1n) is 7.88. The maximum Gasteiger partial charge on any atom is 0.270 e. The maximum atomic E-state index is 12.8. The van der Waals surface area contributed by atoms with Crippen molar-refractivity contribution in [2.45, 2.75) is 0 Å². The van der Waals surface area contributed by atoms with Gasteiger partial charge in [-0.05, 0) is 35.9 Å². The Labute approximate surface area is 162 Å². The van der Waals surface area contributed by atoms with Crippen LogP contribution in [0.3, 0.4) is 0 Å². The zero-order valence-corrected chi connectivity index (χ0v) is 15.8. The second kappa shape index (κ2) is 8.21. The van der Waals surface area contributed by atoms with Crippen LogP contribution in [0.25, 0.3) is 6.08 Å². The van der Waals surface area contributed by atoms with Crippen LogP contribution in [-0.4, -0.2) is 23.9 Å². The molecule has 0 saturated carbocycles. The van der Waals surface area contributed by atoms with Gasteiger partial charge in [-0.25, -0.2) is 0 Å². The summed E-state index contributed by atoms with van der Waals surface area (Å²) in [5.41, 5.74) is 1.60. The molecule has 2 aromatic rings. The van der Waals surface area contributed by atoms with Crippen LogP contribution < -0.4 is 14.4 Å². The summed E-state index contributed by atoms with van der Waals surface area (Å²) in [7, 11) is 1.59. The summed E-state index contributed by atoms with van der Waals surface area (Å²) in [6.07, 6.45) is 3.52. The van der Waals surface area contributed by atoms with E-state index >= 15 is 0 Å². The van der Waals surface area contributed by atoms with E-state index in [1.54, 1.807) is 19.3 Å². The van der Waals surface area contributed by atoms with E-state index in [0.717, 1.165) is 11.3 Å². The van der Waals surface area contributed by atoms with Crippen LogP contribution in [-0.2, 0) is 4.79 Å². The van der Waals surface area contributed by atoms with Gasteiger partial charge in [0, 0.05) is 6.07 Å². The lowest BCUT2D eigenvalue weighted by Gasteiger charge is -2.15. The van der Waals surface area contributed by atoms with Gasteiger partial charge in [0.2, 0.25) is 0 Å². The molecule has 0 aliphatic carbocycles. The Bertz CT molecular complexity index is 875. The van der Waals surface area contributed by atoms with Crippen molar-refractivity contribution in [2.24, 2.45) is 0 Å². The molecule has 1 heterocycles. The third-order valence-corrected chi connectivity index (χ3v) is 4.95. The molecule has 0 unspecified atom stereocenters. The summed E-state index contributed by atoms with van der Waals surface area (Å²) >= 11 is 6.68. The standard InChI is InChI=1S/C20H17NO3S2/c1-3-11-24-16-9-7-14(8-10-16)12-18-19(22)21(20(25)26-18)15-5-4-6-17(13-15)23-2/h3-10,12-13H,1,11H2,2H3. The minimum atomic E-state index is -0.139. The van der Waals surface area contributed by atoms with E-state index in [9.17, 15) is 4.79 Å². The number of hydrogen-bond acceptors (Lipinski definition) is 5. The Morgan fingerprint density at radius 1 is 1.19 bits per heavy atom. The van der Waals surface area contributed by atoms with Crippen molar-refractivity contribution in [3.05, 3.63) is 71.7 Å². The molecule has 1 aliphatic heterocycles. The molecule has 4 nitrogen and oxygen atoms in total. The molecule has 132 valence electrons. The molecule has 0 aromatic heterocycles. The number of thiocarbonyl (C=S) groups is 1. The second-order valence-electron chi connectivity index (χ2n) is 5.39. The van der Waals surface area contributed by atoms with Gasteiger partial charge in [0.15, 0.2) is 4.32 Å². The topological polar surface area (TPSA) is 38.8 Å². The van der Waals surface area contributed by atoms with E-state index in [1.165, 1.54) is 16.7 Å². The van der Waals surface area contributed by atoms with Gasteiger partial charge in [-0.2, -0.15) is 0 Å². The predicted octanol–water partition coefficient (Wildman–Crippen LogP) is 4.67. The molecule has 1 aliphatic rings. The SMILES string of the molecule is C=CCOc1ccc(C=C2SC(=S)N(c3cccc(OC)c3)C2=O)cc1. The fraction of sp³-hybridized carbons (Fsp3) is 0.100. The Kier molecular flexibility index (Phi) is 5.75. The molecule has 0 atom stereocenters. The molecule has 2 aromatic carbocycles. The minimum Gasteiger partial charge on any atom is -0.497 e. The number of carbonyl (C=O) groups excluding carboxylic acids is 1. The highest BCUT2D eigenvalue weighted by Gasteiger charge is 2.33. The van der Waals surface area contributed by atoms with Crippen molar-refractivity contribution in [1.29, 1.82) is 0 Å². The molecule has 0 radical (unpaired) electrons. The van der Waals surface area contributed by atoms with E-state index in [0.29, 0.717) is 27.3 Å². The molecule has 26 heavy (non-hydrogen) atoms. The second-order valence-corrected chi connectivity index (χ2v) is 7.06. The van der Waals surface area contributed by atoms with Gasteiger partial charge in [0.25, 0.3) is 5.91 Å². The fourth-order valence-corrected chi connectivity index (χ4v) is 3.71. The summed E-state index contributed by atoms with van der Waals surface area (Å²) in [5.74, 6) is 1.29. The predicted molar refractivity (Wildman–Crippen MR) is 111 cm³/mol. The van der Waals surface area contributed by atoms with Crippen molar-refractivity contribution in [3.8, 4) is 11.5 Å². The van der Waals surface area contributed by atoms with Crippen LogP contribution in [0.4, 0.5) is 5.69 Å². The first kappa shape index (κ1) is 18.2. The lowest BCUT2D eigenvalue weighted by molar-refractivity contribution is -0.113. The van der Waals surface area contributed by atoms with E-state index in [4.69, 9.17) is 21.7 Å². The highest BCUT2D eigenvalue weighted by atomic mass is 32.2. The van der Waals surface area contributed by atoms with Crippen molar-refractivity contribution in [3.63, 3.8) is 0 Å². The van der Waals surface area contributed by atoms with Crippen LogP contribution >= 0.6 is 24.0 Å². The normalized spacial score (nSPS) is 15.4. The molecule has 0 N–H and O–H groups in total. The number of ether oxygens (including phenoxy) is 2. The van der Waals surface area contributed by atoms with E-state index < -0.39 is 0 Å². The zero-order chi connectivity index (χ0) is 18.5. The first-order chi connectivity index (χ1) is 12.6. The number of carbonyl (C=O) groups is 1. The summed E-state index contributed by atoms with van der Waals surface area (Å²) in [5, 5.41) is 0. The summed E-state index contributed by atoms with van der Waals surface area (Å²) < 4.78 is 11.2. The van der Waals surface area contributed by atoms with Crippen LogP contribution in [0.15, 0.2) is 66.1 Å². The van der Waals surface area contributed by atoms with Crippen LogP contribution in [0.5, 0.6) is 11.5 Å². The lowest BCUT2D eigenvalue weighted by atomic mass is 10.2. The Morgan fingerprint density at radius 2 is 1.96 bits per heavy atom. The Balaban J connectivity index is 1.81. The van der Waals surface area contributed by atoms with Gasteiger partial charge in [0.1, 0.15) is 18.1 Å². The third-order valence-electron chi connectivity index (χ3n) is 3.65. The number of methoxy groups -OCH3 is 1. The highest BCUT2D eigenvalue weighted by Crippen LogP contribution is 2.37. The quantitative estimate of drug-likeness (QED) is 0.412. The fourth-order valence-electron chi connectivity index (χ4n) is 2.41. The number of nitrogens with zero attached hydrogens (tertiary/aromatic N) is 1. The van der Waals surface area contributed by atoms with Gasteiger partial charge in [0.05, 0.1) is 17.7 Å². The Hall–Kier alpha value is -2.57. The van der Waals surface area contributed by atoms with Crippen LogP contribution in [0.1, 0.15) is 5.56 Å². The Morgan fingerprint density at radius 3 is 2.65 bits per heavy atom. The van der Waals surface area contributed by atoms with Gasteiger partial charge in [-0.15, -0.1) is 0 Å². The molecule has 1 amide bonds. The molecule has 6 heteroatoms. The molecular formula is C20H17NO3S2. The van der Waals surface area contributed by atoms with Gasteiger partial charge >= 0.3 is 0 Å². The molecule has 0 spiro atoms. The summed E-state index contributed by atoms with van der Waals surface area (Å²) in [4.78, 5) is 14.9. The van der Waals surface area contributed by atoms with Crippen LogP contribution in [0, 0.1) is 0 Å². The zero-order valence-electron chi connectivity index (χ0n) is 14.2. The number of anilines is 1. The van der Waals surface area contributed by atoms with Gasteiger partial charge in [-0.1, -0.05) is 54.8 Å². The molecule has 0 bridgehead atoms. The van der Waals surface area contributed by atoms with Crippen LogP contribution in [0.2, 0.25) is 0 Å². The van der Waals surface area contributed by atoms with E-state index in [1.807, 2.05) is 48.5 Å². The average molecular weight is 383 g/mol. The summed E-state index contributed by atoms with van der Waals surface area (Å²) in [6.45, 7) is 4.08. The van der Waals surface area contributed by atoms with Crippen molar-refractivity contribution >= 4 is 46.0 Å². The van der Waals surface area contributed by atoms with Gasteiger partial charge in [-0.3, -0.25) is 9.69 Å². The minimum absolute atomic E-state index is 0.139. The van der Waals surface area contributed by atoms with Crippen molar-refractivity contribution in [1.82, 2.24) is 0 Å². The highest BCUT2D eigenvalue weighted by molar-refractivity contribution is 8.27. The van der Waals surface area contributed by atoms with Crippen molar-refractivity contribution < 1.29 is 14.3 Å². The molecule has 1 saturated heterocycles. The summed E-state index contributed by atoms with van der Waals surface area (Å²) in [6, 6.07) is 14.8. The average Bonchev–Trinajstić information content (AvgIpc) is 2.94. The molecule has 3 rings (SSSR count). The first-order valence-corrected chi connectivity index (χ1v) is 9.10. The van der Waals surface area contributed by atoms with Gasteiger partial charge < -0.3 is 9.47 Å². The number of thioether (sulfide) groups is 1. The van der Waals surface area contributed by atoms with E-state index in [-0.39, 0.29) is 5.91 Å². The third kappa shape index (κ3) is 3.98. The maximum absolute atomic E-state index is 12.8. The van der Waals surface area contributed by atoms with Crippen molar-refractivity contribution in [2.75, 3.05) is 18.6 Å². The molecular weight excluding hydrogens is 366 g/mol. The monoisotopic (exact) mass is 383 g/mol. The number of benzene rings is 2.